The second kappa shape index (κ2) is 10.5. The Bertz CT molecular complexity index is 276. The predicted octanol–water partition coefficient (Wildman–Crippen LogP) is -1.65. The van der Waals surface area contributed by atoms with Crippen molar-refractivity contribution in [2.24, 2.45) is 0 Å². The summed E-state index contributed by atoms with van der Waals surface area (Å²) in [4.78, 5) is 10.1. The van der Waals surface area contributed by atoms with Gasteiger partial charge >= 0.3 is 35.5 Å². The number of unbranched alkanes of at least 4 members (excludes halogenated alkanes) is 5. The Labute approximate surface area is 119 Å². The van der Waals surface area contributed by atoms with Crippen LogP contribution in [0, 0.1) is 0 Å². The van der Waals surface area contributed by atoms with Crippen molar-refractivity contribution >= 4 is 16.1 Å². The van der Waals surface area contributed by atoms with E-state index in [1.54, 1.807) is 0 Å². The quantitative estimate of drug-likeness (QED) is 0.304. The molecule has 0 aliphatic rings. The first-order chi connectivity index (χ1) is 6.92. The summed E-state index contributed by atoms with van der Waals surface area (Å²) in [5, 5.41) is 8.34. The number of carbonyl (C=O) groups is 1. The molecule has 0 aromatic rings. The molecule has 0 saturated carbocycles. The van der Waals surface area contributed by atoms with Crippen molar-refractivity contribution in [2.45, 2.75) is 44.9 Å². The van der Waals surface area contributed by atoms with Gasteiger partial charge < -0.3 is 9.66 Å². The largest absolute Gasteiger partial charge is 1.00 e. The van der Waals surface area contributed by atoms with Gasteiger partial charge in [-0.25, -0.2) is 8.42 Å². The molecule has 0 unspecified atom stereocenters. The van der Waals surface area contributed by atoms with Gasteiger partial charge in [0.1, 0.15) is 0 Å². The Hall–Kier alpha value is 0.380. The number of rotatable bonds is 9. The van der Waals surface area contributed by atoms with Crippen molar-refractivity contribution in [2.75, 3.05) is 5.75 Å². The van der Waals surface area contributed by atoms with Gasteiger partial charge in [-0.15, -0.1) is 0 Å². The number of hydrogen-bond acceptors (Lipinski definition) is 4. The molecular formula is C9H17NaO5S. The zero-order valence-corrected chi connectivity index (χ0v) is 12.5. The van der Waals surface area contributed by atoms with Crippen LogP contribution in [0.5, 0.6) is 0 Å². The topological polar surface area (TPSA) is 94.5 Å². The van der Waals surface area contributed by atoms with Gasteiger partial charge in [-0.2, -0.15) is 0 Å². The summed E-state index contributed by atoms with van der Waals surface area (Å²) < 4.78 is 30.7. The van der Waals surface area contributed by atoms with E-state index >= 15 is 0 Å². The smallest absolute Gasteiger partial charge is 0.748 e. The fraction of sp³-hybridized carbons (Fsp3) is 0.889. The van der Waals surface area contributed by atoms with Gasteiger partial charge in [-0.1, -0.05) is 25.7 Å². The summed E-state index contributed by atoms with van der Waals surface area (Å²) in [6, 6.07) is 0. The minimum Gasteiger partial charge on any atom is -0.748 e. The van der Waals surface area contributed by atoms with Gasteiger partial charge in [0.05, 0.1) is 10.1 Å². The first-order valence-electron chi connectivity index (χ1n) is 5.07. The molecule has 0 aromatic heterocycles. The minimum absolute atomic E-state index is 0. The summed E-state index contributed by atoms with van der Waals surface area (Å²) in [5.74, 6) is -1.07. The van der Waals surface area contributed by atoms with E-state index in [0.29, 0.717) is 19.3 Å². The summed E-state index contributed by atoms with van der Waals surface area (Å²) in [6.45, 7) is 0. The Morgan fingerprint density at radius 1 is 1.00 bits per heavy atom. The zero-order chi connectivity index (χ0) is 11.7. The molecule has 0 aliphatic heterocycles. The summed E-state index contributed by atoms with van der Waals surface area (Å²) in [5.41, 5.74) is 0. The van der Waals surface area contributed by atoms with Crippen molar-refractivity contribution < 1.29 is 52.4 Å². The first kappa shape index (κ1) is 18.7. The minimum atomic E-state index is -4.06. The van der Waals surface area contributed by atoms with Crippen LogP contribution >= 0.6 is 0 Å². The van der Waals surface area contributed by atoms with Gasteiger partial charge in [0.2, 0.25) is 0 Å². The number of aliphatic carboxylic acids is 1. The van der Waals surface area contributed by atoms with E-state index in [9.17, 15) is 17.8 Å². The zero-order valence-electron chi connectivity index (χ0n) is 9.65. The van der Waals surface area contributed by atoms with Crippen LogP contribution in [0.15, 0.2) is 0 Å². The molecule has 0 aliphatic carbocycles. The summed E-state index contributed by atoms with van der Waals surface area (Å²) in [7, 11) is -4.06. The Morgan fingerprint density at radius 2 is 1.44 bits per heavy atom. The molecule has 0 bridgehead atoms. The van der Waals surface area contributed by atoms with Crippen LogP contribution in [0.25, 0.3) is 0 Å². The average Bonchev–Trinajstić information content (AvgIpc) is 2.07. The molecule has 90 valence electrons. The summed E-state index contributed by atoms with van der Waals surface area (Å²) >= 11 is 0. The van der Waals surface area contributed by atoms with E-state index in [1.807, 2.05) is 0 Å². The molecule has 0 fully saturated rings. The Kier molecular flexibility index (Phi) is 12.3. The molecule has 1 N–H and O–H groups in total. The van der Waals surface area contributed by atoms with Gasteiger partial charge in [0.25, 0.3) is 0 Å². The monoisotopic (exact) mass is 260 g/mol. The maximum absolute atomic E-state index is 10.2. The molecule has 5 nitrogen and oxygen atoms in total. The predicted molar refractivity (Wildman–Crippen MR) is 54.5 cm³/mol. The van der Waals surface area contributed by atoms with Crippen LogP contribution in [0.1, 0.15) is 44.9 Å². The number of hydrogen-bond donors (Lipinski definition) is 1. The van der Waals surface area contributed by atoms with Gasteiger partial charge in [-0.05, 0) is 12.8 Å². The summed E-state index contributed by atoms with van der Waals surface area (Å²) in [6.07, 6.45) is 4.57. The third-order valence-corrected chi connectivity index (χ3v) is 2.82. The average molecular weight is 260 g/mol. The molecule has 0 radical (unpaired) electrons. The molecule has 0 aromatic carbocycles. The Morgan fingerprint density at radius 3 is 1.88 bits per heavy atom. The van der Waals surface area contributed by atoms with Crippen LogP contribution in [0.2, 0.25) is 0 Å². The van der Waals surface area contributed by atoms with E-state index < -0.39 is 16.1 Å². The third-order valence-electron chi connectivity index (χ3n) is 2.03. The fourth-order valence-corrected chi connectivity index (χ4v) is 1.82. The van der Waals surface area contributed by atoms with Crippen LogP contribution in [-0.4, -0.2) is 29.8 Å². The molecule has 0 rings (SSSR count). The molecule has 7 heteroatoms. The third kappa shape index (κ3) is 16.8. The van der Waals surface area contributed by atoms with Crippen molar-refractivity contribution in [3.05, 3.63) is 0 Å². The van der Waals surface area contributed by atoms with Crippen molar-refractivity contribution in [1.29, 1.82) is 0 Å². The Balaban J connectivity index is 0. The van der Waals surface area contributed by atoms with Gasteiger partial charge in [0, 0.05) is 12.2 Å². The molecule has 16 heavy (non-hydrogen) atoms. The van der Waals surface area contributed by atoms with Gasteiger partial charge in [0.15, 0.2) is 0 Å². The van der Waals surface area contributed by atoms with E-state index in [1.165, 1.54) is 0 Å². The number of carboxylic acid groups (broad SMARTS) is 1. The van der Waals surface area contributed by atoms with E-state index in [0.717, 1.165) is 19.3 Å². The molecule has 0 heterocycles. The van der Waals surface area contributed by atoms with Crippen molar-refractivity contribution in [3.63, 3.8) is 0 Å². The van der Waals surface area contributed by atoms with E-state index in [4.69, 9.17) is 5.11 Å². The molecule has 0 amide bonds. The fourth-order valence-electron chi connectivity index (χ4n) is 1.26. The van der Waals surface area contributed by atoms with Crippen LogP contribution in [0.4, 0.5) is 0 Å². The van der Waals surface area contributed by atoms with E-state index in [2.05, 4.69) is 0 Å². The second-order valence-electron chi connectivity index (χ2n) is 3.53. The molecule has 0 atom stereocenters. The van der Waals surface area contributed by atoms with Gasteiger partial charge in [-0.3, -0.25) is 4.79 Å². The standard InChI is InChI=1S/C9H18O5S.Na/c10-9(11)7-5-3-1-2-4-6-8-15(12,13)14;/h1-8H2,(H,10,11)(H,12,13,14);/q;+1/p-1. The first-order valence-corrected chi connectivity index (χ1v) is 6.65. The van der Waals surface area contributed by atoms with Crippen molar-refractivity contribution in [3.8, 4) is 0 Å². The SMILES string of the molecule is O=C(O)CCCCCCCCS(=O)(=O)[O-].[Na+]. The normalized spacial score (nSPS) is 10.8. The molecule has 0 saturated heterocycles. The van der Waals surface area contributed by atoms with Crippen LogP contribution in [0.3, 0.4) is 0 Å². The van der Waals surface area contributed by atoms with Crippen LogP contribution in [-0.2, 0) is 14.9 Å². The maximum atomic E-state index is 10.2. The molecule has 0 spiro atoms. The van der Waals surface area contributed by atoms with E-state index in [-0.39, 0.29) is 41.7 Å². The number of carboxylic acids is 1. The van der Waals surface area contributed by atoms with Crippen LogP contribution < -0.4 is 29.6 Å². The molecular weight excluding hydrogens is 243 g/mol. The van der Waals surface area contributed by atoms with Crippen molar-refractivity contribution in [1.82, 2.24) is 0 Å². The maximum Gasteiger partial charge on any atom is 1.00 e. The second-order valence-corrected chi connectivity index (χ2v) is 5.05.